The number of para-hydroxylation sites is 1. The average molecular weight is 385 g/mol. The third-order valence-corrected chi connectivity index (χ3v) is 4.76. The molecule has 0 aliphatic carbocycles. The highest BCUT2D eigenvalue weighted by Crippen LogP contribution is 2.34. The number of ether oxygens (including phenoxy) is 1. The lowest BCUT2D eigenvalue weighted by Gasteiger charge is -2.35. The summed E-state index contributed by atoms with van der Waals surface area (Å²) < 4.78 is 44.4. The van der Waals surface area contributed by atoms with Crippen LogP contribution in [0.25, 0.3) is 0 Å². The normalized spacial score (nSPS) is 21.3. The lowest BCUT2D eigenvalue weighted by atomic mass is 10.1. The van der Waals surface area contributed by atoms with Crippen LogP contribution in [0.2, 0.25) is 0 Å². The highest BCUT2D eigenvalue weighted by atomic mass is 19.4. The highest BCUT2D eigenvalue weighted by Gasteiger charge is 2.34. The van der Waals surface area contributed by atoms with Crippen LogP contribution < -0.4 is 5.32 Å². The van der Waals surface area contributed by atoms with Gasteiger partial charge in [0, 0.05) is 32.8 Å². The Kier molecular flexibility index (Phi) is 6.01. The smallest absolute Gasteiger partial charge is 0.368 e. The summed E-state index contributed by atoms with van der Waals surface area (Å²) in [6.45, 7) is 2.53. The molecule has 2 aliphatic rings. The molecule has 2 fully saturated rings. The zero-order valence-corrected chi connectivity index (χ0v) is 14.8. The van der Waals surface area contributed by atoms with Crippen molar-refractivity contribution < 1.29 is 27.5 Å². The summed E-state index contributed by atoms with van der Waals surface area (Å²) in [5.74, 6) is -0.527. The number of nitrogens with zero attached hydrogens (tertiary/aromatic N) is 2. The zero-order chi connectivity index (χ0) is 19.4. The van der Waals surface area contributed by atoms with Crippen LogP contribution in [0.3, 0.4) is 0 Å². The minimum atomic E-state index is -4.53. The number of anilines is 1. The van der Waals surface area contributed by atoms with E-state index in [1.54, 1.807) is 4.90 Å². The van der Waals surface area contributed by atoms with Crippen molar-refractivity contribution in [3.8, 4) is 0 Å². The van der Waals surface area contributed by atoms with Gasteiger partial charge in [0.05, 0.1) is 17.8 Å². The number of nitrogens with one attached hydrogen (secondary N) is 1. The molecule has 1 atom stereocenters. The van der Waals surface area contributed by atoms with Crippen molar-refractivity contribution in [2.24, 2.45) is 0 Å². The predicted octanol–water partition coefficient (Wildman–Crippen LogP) is 1.97. The summed E-state index contributed by atoms with van der Waals surface area (Å²) in [5, 5.41) is 2.34. The van der Waals surface area contributed by atoms with E-state index in [-0.39, 0.29) is 24.2 Å². The fraction of sp³-hybridized carbons (Fsp3) is 0.556. The van der Waals surface area contributed by atoms with Gasteiger partial charge in [-0.25, -0.2) is 0 Å². The molecule has 1 aromatic carbocycles. The number of benzene rings is 1. The molecule has 0 spiro atoms. The fourth-order valence-corrected chi connectivity index (χ4v) is 3.33. The number of amides is 2. The molecule has 1 aromatic rings. The predicted molar refractivity (Wildman–Crippen MR) is 92.1 cm³/mol. The Hall–Kier alpha value is -2.13. The molecule has 148 valence electrons. The van der Waals surface area contributed by atoms with Crippen molar-refractivity contribution in [3.63, 3.8) is 0 Å². The second-order valence-corrected chi connectivity index (χ2v) is 6.69. The summed E-state index contributed by atoms with van der Waals surface area (Å²) in [6.07, 6.45) is -3.27. The van der Waals surface area contributed by atoms with E-state index in [1.165, 1.54) is 18.2 Å². The Morgan fingerprint density at radius 3 is 2.48 bits per heavy atom. The molecule has 27 heavy (non-hydrogen) atoms. The first-order chi connectivity index (χ1) is 12.8. The highest BCUT2D eigenvalue weighted by molar-refractivity contribution is 5.93. The van der Waals surface area contributed by atoms with Crippen molar-refractivity contribution in [1.29, 1.82) is 0 Å². The van der Waals surface area contributed by atoms with Gasteiger partial charge in [0.2, 0.25) is 5.91 Å². The maximum absolute atomic E-state index is 13.0. The number of piperazine rings is 1. The van der Waals surface area contributed by atoms with Crippen LogP contribution in [0, 0.1) is 0 Å². The van der Waals surface area contributed by atoms with Crippen molar-refractivity contribution in [1.82, 2.24) is 9.80 Å². The maximum Gasteiger partial charge on any atom is 0.418 e. The third-order valence-electron chi connectivity index (χ3n) is 4.76. The summed E-state index contributed by atoms with van der Waals surface area (Å²) in [6, 6.07) is 4.90. The van der Waals surface area contributed by atoms with E-state index in [2.05, 4.69) is 5.32 Å². The first kappa shape index (κ1) is 19.6. The molecular weight excluding hydrogens is 363 g/mol. The standard InChI is InChI=1S/C18H22F3N3O3/c19-18(20,21)13-4-1-2-5-14(13)22-16(25)12-23-7-9-24(10-8-23)17(26)15-6-3-11-27-15/h1-2,4-5,15H,3,6-12H2,(H,22,25). The van der Waals surface area contributed by atoms with Gasteiger partial charge in [-0.15, -0.1) is 0 Å². The van der Waals surface area contributed by atoms with Crippen molar-refractivity contribution in [2.45, 2.75) is 25.1 Å². The third kappa shape index (κ3) is 4.98. The Morgan fingerprint density at radius 2 is 1.85 bits per heavy atom. The van der Waals surface area contributed by atoms with Crippen LogP contribution in [-0.4, -0.2) is 67.0 Å². The molecule has 0 saturated carbocycles. The van der Waals surface area contributed by atoms with Gasteiger partial charge in [-0.1, -0.05) is 12.1 Å². The largest absolute Gasteiger partial charge is 0.418 e. The second kappa shape index (κ2) is 8.26. The van der Waals surface area contributed by atoms with Crippen LogP contribution in [0.4, 0.5) is 18.9 Å². The maximum atomic E-state index is 13.0. The van der Waals surface area contributed by atoms with Crippen LogP contribution in [0.15, 0.2) is 24.3 Å². The molecule has 2 heterocycles. The minimum Gasteiger partial charge on any atom is -0.368 e. The van der Waals surface area contributed by atoms with E-state index in [9.17, 15) is 22.8 Å². The molecule has 2 amide bonds. The van der Waals surface area contributed by atoms with Gasteiger partial charge in [0.1, 0.15) is 6.10 Å². The summed E-state index contributed by atoms with van der Waals surface area (Å²) in [5.41, 5.74) is -1.12. The lowest BCUT2D eigenvalue weighted by Crippen LogP contribution is -2.52. The van der Waals surface area contributed by atoms with Gasteiger partial charge in [-0.05, 0) is 25.0 Å². The number of hydrogen-bond donors (Lipinski definition) is 1. The Balaban J connectivity index is 1.49. The van der Waals surface area contributed by atoms with E-state index >= 15 is 0 Å². The Labute approximate surface area is 155 Å². The molecule has 9 heteroatoms. The SMILES string of the molecule is O=C(CN1CCN(C(=O)C2CCCO2)CC1)Nc1ccccc1C(F)(F)F. The molecule has 0 aromatic heterocycles. The van der Waals surface area contributed by atoms with Crippen LogP contribution in [-0.2, 0) is 20.5 Å². The van der Waals surface area contributed by atoms with Crippen LogP contribution in [0.5, 0.6) is 0 Å². The molecule has 0 bridgehead atoms. The van der Waals surface area contributed by atoms with Gasteiger partial charge >= 0.3 is 6.18 Å². The van der Waals surface area contributed by atoms with Crippen molar-refractivity contribution >= 4 is 17.5 Å². The molecule has 6 nitrogen and oxygen atoms in total. The number of carbonyl (C=O) groups excluding carboxylic acids is 2. The monoisotopic (exact) mass is 385 g/mol. The number of alkyl halides is 3. The Bertz CT molecular complexity index is 682. The van der Waals surface area contributed by atoms with E-state index in [4.69, 9.17) is 4.74 Å². The minimum absolute atomic E-state index is 0.0179. The zero-order valence-electron chi connectivity index (χ0n) is 14.8. The van der Waals surface area contributed by atoms with E-state index in [1.807, 2.05) is 4.90 Å². The number of hydrogen-bond acceptors (Lipinski definition) is 4. The molecule has 3 rings (SSSR count). The lowest BCUT2D eigenvalue weighted by molar-refractivity contribution is -0.142. The molecule has 1 N–H and O–H groups in total. The first-order valence-electron chi connectivity index (χ1n) is 8.93. The molecule has 2 aliphatic heterocycles. The molecular formula is C18H22F3N3O3. The number of carbonyl (C=O) groups is 2. The van der Waals surface area contributed by atoms with Gasteiger partial charge in [-0.2, -0.15) is 13.2 Å². The first-order valence-corrected chi connectivity index (χ1v) is 8.93. The van der Waals surface area contributed by atoms with Crippen molar-refractivity contribution in [3.05, 3.63) is 29.8 Å². The number of halogens is 3. The number of rotatable bonds is 4. The van der Waals surface area contributed by atoms with E-state index < -0.39 is 17.6 Å². The summed E-state index contributed by atoms with van der Waals surface area (Å²) in [4.78, 5) is 28.0. The Morgan fingerprint density at radius 1 is 1.15 bits per heavy atom. The second-order valence-electron chi connectivity index (χ2n) is 6.69. The molecule has 1 unspecified atom stereocenters. The van der Waals surface area contributed by atoms with Gasteiger partial charge in [0.15, 0.2) is 0 Å². The van der Waals surface area contributed by atoms with Crippen LogP contribution in [0.1, 0.15) is 18.4 Å². The van der Waals surface area contributed by atoms with Crippen molar-refractivity contribution in [2.75, 3.05) is 44.6 Å². The topological polar surface area (TPSA) is 61.9 Å². The quantitative estimate of drug-likeness (QED) is 0.861. The van der Waals surface area contributed by atoms with E-state index in [0.717, 1.165) is 18.9 Å². The molecule has 2 saturated heterocycles. The molecule has 0 radical (unpaired) electrons. The van der Waals surface area contributed by atoms with Crippen LogP contribution >= 0.6 is 0 Å². The van der Waals surface area contributed by atoms with Gasteiger partial charge in [0.25, 0.3) is 5.91 Å². The van der Waals surface area contributed by atoms with Gasteiger partial charge in [-0.3, -0.25) is 14.5 Å². The average Bonchev–Trinajstić information content (AvgIpc) is 3.16. The summed E-state index contributed by atoms with van der Waals surface area (Å²) in [7, 11) is 0. The summed E-state index contributed by atoms with van der Waals surface area (Å²) >= 11 is 0. The fourth-order valence-electron chi connectivity index (χ4n) is 3.33. The van der Waals surface area contributed by atoms with Gasteiger partial charge < -0.3 is 15.0 Å². The van der Waals surface area contributed by atoms with E-state index in [0.29, 0.717) is 32.8 Å².